The molecule has 0 fully saturated rings. The van der Waals surface area contributed by atoms with Gasteiger partial charge in [-0.1, -0.05) is 48.5 Å². The van der Waals surface area contributed by atoms with E-state index in [4.69, 9.17) is 0 Å². The van der Waals surface area contributed by atoms with E-state index in [1.165, 1.54) is 11.9 Å². The smallest absolute Gasteiger partial charge is 0.243 e. The quantitative estimate of drug-likeness (QED) is 0.695. The molecule has 0 aromatic heterocycles. The first-order valence-corrected chi connectivity index (χ1v) is 9.60. The number of amides is 1. The van der Waals surface area contributed by atoms with Gasteiger partial charge in [-0.15, -0.1) is 0 Å². The van der Waals surface area contributed by atoms with Crippen molar-refractivity contribution in [2.75, 3.05) is 25.5 Å². The van der Waals surface area contributed by atoms with Gasteiger partial charge < -0.3 is 4.90 Å². The number of para-hydroxylation sites is 1. The summed E-state index contributed by atoms with van der Waals surface area (Å²) in [6.07, 6.45) is 0. The third-order valence-corrected chi connectivity index (χ3v) is 6.10. The molecule has 3 aromatic rings. The first-order chi connectivity index (χ1) is 12.4. The number of benzene rings is 3. The van der Waals surface area contributed by atoms with E-state index in [0.717, 1.165) is 15.1 Å². The Bertz CT molecular complexity index is 1030. The van der Waals surface area contributed by atoms with Gasteiger partial charge in [-0.25, -0.2) is 8.42 Å². The average molecular weight is 368 g/mol. The van der Waals surface area contributed by atoms with E-state index < -0.39 is 10.0 Å². The first kappa shape index (κ1) is 18.1. The second-order valence-corrected chi connectivity index (χ2v) is 8.10. The lowest BCUT2D eigenvalue weighted by molar-refractivity contribution is -0.118. The van der Waals surface area contributed by atoms with E-state index in [1.54, 1.807) is 37.4 Å². The molecule has 0 unspecified atom stereocenters. The fourth-order valence-electron chi connectivity index (χ4n) is 2.68. The van der Waals surface area contributed by atoms with Crippen LogP contribution in [0.4, 0.5) is 5.69 Å². The van der Waals surface area contributed by atoms with Crippen molar-refractivity contribution in [2.45, 2.75) is 4.90 Å². The number of fused-ring (bicyclic) bond motifs is 1. The molecule has 0 aliphatic rings. The van der Waals surface area contributed by atoms with Crippen LogP contribution in [0, 0.1) is 0 Å². The predicted molar refractivity (Wildman–Crippen MR) is 104 cm³/mol. The Balaban J connectivity index is 1.81. The minimum absolute atomic E-state index is 0.175. The maximum absolute atomic E-state index is 12.8. The Hall–Kier alpha value is -2.70. The summed E-state index contributed by atoms with van der Waals surface area (Å²) in [6.45, 7) is -0.236. The standard InChI is InChI=1S/C20H20N2O3S/c1-21(15-20(23)22(2)18-10-4-3-5-11-18)26(24,25)19-13-12-16-8-6-7-9-17(16)14-19/h3-14H,15H2,1-2H3. The number of carbonyl (C=O) groups is 1. The third kappa shape index (κ3) is 3.61. The Morgan fingerprint density at radius 2 is 1.46 bits per heavy atom. The molecule has 1 amide bonds. The van der Waals surface area contributed by atoms with Crippen molar-refractivity contribution >= 4 is 32.4 Å². The number of carbonyl (C=O) groups excluding carboxylic acids is 1. The second kappa shape index (κ2) is 7.27. The van der Waals surface area contributed by atoms with E-state index >= 15 is 0 Å². The zero-order valence-corrected chi connectivity index (χ0v) is 15.5. The van der Waals surface area contributed by atoms with Crippen molar-refractivity contribution < 1.29 is 13.2 Å². The van der Waals surface area contributed by atoms with Crippen molar-refractivity contribution in [1.29, 1.82) is 0 Å². The van der Waals surface area contributed by atoms with Gasteiger partial charge in [-0.05, 0) is 35.0 Å². The van der Waals surface area contributed by atoms with Crippen LogP contribution in [0.2, 0.25) is 0 Å². The fraction of sp³-hybridized carbons (Fsp3) is 0.150. The van der Waals surface area contributed by atoms with Gasteiger partial charge in [0.15, 0.2) is 0 Å². The molecule has 0 bridgehead atoms. The Labute approximate surface area is 153 Å². The number of nitrogens with zero attached hydrogens (tertiary/aromatic N) is 2. The molecule has 0 atom stereocenters. The topological polar surface area (TPSA) is 57.7 Å². The normalized spacial score (nSPS) is 11.7. The fourth-order valence-corrected chi connectivity index (χ4v) is 3.84. The van der Waals surface area contributed by atoms with E-state index in [9.17, 15) is 13.2 Å². The summed E-state index contributed by atoms with van der Waals surface area (Å²) >= 11 is 0. The van der Waals surface area contributed by atoms with Crippen molar-refractivity contribution in [2.24, 2.45) is 0 Å². The highest BCUT2D eigenvalue weighted by Gasteiger charge is 2.24. The summed E-state index contributed by atoms with van der Waals surface area (Å²) in [7, 11) is -0.704. The summed E-state index contributed by atoms with van der Waals surface area (Å²) in [5, 5.41) is 1.81. The molecule has 0 radical (unpaired) electrons. The van der Waals surface area contributed by atoms with Crippen LogP contribution >= 0.6 is 0 Å². The molecular weight excluding hydrogens is 348 g/mol. The lowest BCUT2D eigenvalue weighted by Crippen LogP contribution is -2.39. The lowest BCUT2D eigenvalue weighted by Gasteiger charge is -2.22. The minimum Gasteiger partial charge on any atom is -0.314 e. The van der Waals surface area contributed by atoms with Crippen LogP contribution in [0.5, 0.6) is 0 Å². The van der Waals surface area contributed by atoms with Crippen LogP contribution in [0.15, 0.2) is 77.7 Å². The van der Waals surface area contributed by atoms with Gasteiger partial charge in [0.25, 0.3) is 0 Å². The first-order valence-electron chi connectivity index (χ1n) is 8.16. The molecule has 0 saturated heterocycles. The highest BCUT2D eigenvalue weighted by atomic mass is 32.2. The molecule has 6 heteroatoms. The van der Waals surface area contributed by atoms with E-state index in [1.807, 2.05) is 42.5 Å². The van der Waals surface area contributed by atoms with Gasteiger partial charge in [-0.3, -0.25) is 4.79 Å². The number of rotatable bonds is 5. The zero-order valence-electron chi connectivity index (χ0n) is 14.7. The summed E-state index contributed by atoms with van der Waals surface area (Å²) in [5.41, 5.74) is 0.717. The van der Waals surface area contributed by atoms with Gasteiger partial charge in [0.2, 0.25) is 15.9 Å². The van der Waals surface area contributed by atoms with Crippen molar-refractivity contribution in [3.8, 4) is 0 Å². The largest absolute Gasteiger partial charge is 0.314 e. The molecule has 0 saturated carbocycles. The minimum atomic E-state index is -3.76. The van der Waals surface area contributed by atoms with Crippen LogP contribution in [0.3, 0.4) is 0 Å². The number of sulfonamides is 1. The Kier molecular flexibility index (Phi) is 5.06. The zero-order chi connectivity index (χ0) is 18.7. The summed E-state index contributed by atoms with van der Waals surface area (Å²) in [6, 6.07) is 21.6. The van der Waals surface area contributed by atoms with Crippen molar-refractivity contribution in [3.05, 3.63) is 72.8 Å². The molecule has 0 N–H and O–H groups in total. The van der Waals surface area contributed by atoms with E-state index in [2.05, 4.69) is 0 Å². The molecule has 3 rings (SSSR count). The predicted octanol–water partition coefficient (Wildman–Crippen LogP) is 3.12. The van der Waals surface area contributed by atoms with Gasteiger partial charge in [0.05, 0.1) is 11.4 Å². The van der Waals surface area contributed by atoms with E-state index in [0.29, 0.717) is 5.69 Å². The third-order valence-electron chi connectivity index (χ3n) is 4.30. The highest BCUT2D eigenvalue weighted by Crippen LogP contribution is 2.21. The summed E-state index contributed by atoms with van der Waals surface area (Å²) < 4.78 is 26.7. The van der Waals surface area contributed by atoms with Gasteiger partial charge in [-0.2, -0.15) is 4.31 Å². The van der Waals surface area contributed by atoms with Gasteiger partial charge in [0, 0.05) is 19.8 Å². The van der Waals surface area contributed by atoms with Crippen molar-refractivity contribution in [1.82, 2.24) is 4.31 Å². The molecule has 134 valence electrons. The van der Waals surface area contributed by atoms with Gasteiger partial charge in [0.1, 0.15) is 0 Å². The molecule has 5 nitrogen and oxygen atoms in total. The summed E-state index contributed by atoms with van der Waals surface area (Å²) in [5.74, 6) is -0.303. The molecule has 0 aliphatic heterocycles. The Morgan fingerprint density at radius 3 is 2.15 bits per heavy atom. The number of anilines is 1. The summed E-state index contributed by atoms with van der Waals surface area (Å²) in [4.78, 5) is 14.1. The number of hydrogen-bond acceptors (Lipinski definition) is 3. The maximum Gasteiger partial charge on any atom is 0.243 e. The molecule has 3 aromatic carbocycles. The molecular formula is C20H20N2O3S. The maximum atomic E-state index is 12.8. The van der Waals surface area contributed by atoms with Crippen LogP contribution in [0.1, 0.15) is 0 Å². The van der Waals surface area contributed by atoms with Gasteiger partial charge >= 0.3 is 0 Å². The lowest BCUT2D eigenvalue weighted by atomic mass is 10.1. The molecule has 0 spiro atoms. The highest BCUT2D eigenvalue weighted by molar-refractivity contribution is 7.89. The van der Waals surface area contributed by atoms with Crippen LogP contribution in [-0.2, 0) is 14.8 Å². The molecule has 26 heavy (non-hydrogen) atoms. The van der Waals surface area contributed by atoms with Crippen LogP contribution in [-0.4, -0.2) is 39.3 Å². The number of hydrogen-bond donors (Lipinski definition) is 0. The Morgan fingerprint density at radius 1 is 0.846 bits per heavy atom. The van der Waals surface area contributed by atoms with Crippen LogP contribution < -0.4 is 4.90 Å². The average Bonchev–Trinajstić information content (AvgIpc) is 2.67. The van der Waals surface area contributed by atoms with E-state index in [-0.39, 0.29) is 17.3 Å². The number of likely N-dealkylation sites (N-methyl/N-ethyl adjacent to an activating group) is 2. The van der Waals surface area contributed by atoms with Crippen molar-refractivity contribution in [3.63, 3.8) is 0 Å². The molecule has 0 heterocycles. The molecule has 0 aliphatic carbocycles. The van der Waals surface area contributed by atoms with Crippen LogP contribution in [0.25, 0.3) is 10.8 Å². The monoisotopic (exact) mass is 368 g/mol. The SMILES string of the molecule is CN(C(=O)CN(C)S(=O)(=O)c1ccc2ccccc2c1)c1ccccc1. The second-order valence-electron chi connectivity index (χ2n) is 6.06.